The first-order valence-electron chi connectivity index (χ1n) is 8.63. The van der Waals surface area contributed by atoms with Gasteiger partial charge < -0.3 is 0 Å². The maximum absolute atomic E-state index is 13.1. The van der Waals surface area contributed by atoms with E-state index in [2.05, 4.69) is 15.4 Å². The molecule has 0 aliphatic heterocycles. The van der Waals surface area contributed by atoms with E-state index in [1.807, 2.05) is 0 Å². The molecule has 0 bridgehead atoms. The van der Waals surface area contributed by atoms with Crippen LogP contribution < -0.4 is 5.32 Å². The van der Waals surface area contributed by atoms with Crippen molar-refractivity contribution in [1.82, 2.24) is 14.6 Å². The number of hydrogen-bond donors (Lipinski definition) is 1. The van der Waals surface area contributed by atoms with Crippen LogP contribution in [0.25, 0.3) is 16.2 Å². The summed E-state index contributed by atoms with van der Waals surface area (Å²) in [4.78, 5) is 16.7. The first-order valence-corrected chi connectivity index (χ1v) is 9.51. The minimum Gasteiger partial charge on any atom is -0.289 e. The Morgan fingerprint density at radius 3 is 2.09 bits per heavy atom. The summed E-state index contributed by atoms with van der Waals surface area (Å²) in [6, 6.07) is 5.97. The van der Waals surface area contributed by atoms with E-state index in [0.717, 1.165) is 11.3 Å². The van der Waals surface area contributed by atoms with Gasteiger partial charge in [-0.3, -0.25) is 10.1 Å². The normalized spacial score (nSPS) is 12.3. The van der Waals surface area contributed by atoms with Crippen molar-refractivity contribution in [2.45, 2.75) is 12.4 Å². The number of rotatable bonds is 3. The average molecular weight is 474 g/mol. The molecule has 0 aliphatic carbocycles. The van der Waals surface area contributed by atoms with Gasteiger partial charge in [0.05, 0.1) is 16.8 Å². The van der Waals surface area contributed by atoms with Crippen LogP contribution in [-0.2, 0) is 12.4 Å². The minimum atomic E-state index is -5.09. The first-order chi connectivity index (χ1) is 14.9. The molecule has 1 N–H and O–H groups in total. The summed E-state index contributed by atoms with van der Waals surface area (Å²) in [5.41, 5.74) is -3.02. The molecule has 4 aromatic rings. The second kappa shape index (κ2) is 7.58. The maximum Gasteiger partial charge on any atom is 0.416 e. The maximum atomic E-state index is 13.1. The van der Waals surface area contributed by atoms with Crippen LogP contribution in [0.2, 0.25) is 0 Å². The molecule has 2 aromatic carbocycles. The van der Waals surface area contributed by atoms with Crippen LogP contribution in [-0.4, -0.2) is 20.5 Å². The number of hydrogen-bond acceptors (Lipinski definition) is 4. The van der Waals surface area contributed by atoms with Gasteiger partial charge in [-0.05, 0) is 42.5 Å². The van der Waals surface area contributed by atoms with Crippen molar-refractivity contribution in [3.05, 3.63) is 70.4 Å². The van der Waals surface area contributed by atoms with Crippen LogP contribution in [0.3, 0.4) is 0 Å². The summed E-state index contributed by atoms with van der Waals surface area (Å²) in [5.74, 6) is -2.02. The molecule has 2 heterocycles. The van der Waals surface area contributed by atoms with Gasteiger partial charge in [0.2, 0.25) is 4.96 Å². The lowest BCUT2D eigenvalue weighted by Gasteiger charge is -2.13. The first kappa shape index (κ1) is 21.7. The molecule has 5 nitrogen and oxygen atoms in total. The fourth-order valence-electron chi connectivity index (χ4n) is 2.81. The minimum absolute atomic E-state index is 0.0728. The van der Waals surface area contributed by atoms with Crippen molar-refractivity contribution in [3.63, 3.8) is 0 Å². The van der Waals surface area contributed by atoms with Gasteiger partial charge in [0.1, 0.15) is 5.82 Å². The van der Waals surface area contributed by atoms with Crippen molar-refractivity contribution in [1.29, 1.82) is 0 Å². The Balaban J connectivity index is 1.66. The van der Waals surface area contributed by atoms with Crippen LogP contribution in [0.4, 0.5) is 36.7 Å². The highest BCUT2D eigenvalue weighted by atomic mass is 32.1. The smallest absolute Gasteiger partial charge is 0.289 e. The van der Waals surface area contributed by atoms with Gasteiger partial charge in [0, 0.05) is 16.5 Å². The Bertz CT molecular complexity index is 1270. The van der Waals surface area contributed by atoms with Gasteiger partial charge in [-0.1, -0.05) is 0 Å². The largest absolute Gasteiger partial charge is 0.416 e. The van der Waals surface area contributed by atoms with Crippen molar-refractivity contribution in [2.24, 2.45) is 0 Å². The van der Waals surface area contributed by atoms with Crippen molar-refractivity contribution in [2.75, 3.05) is 5.32 Å². The second-order valence-corrected chi connectivity index (χ2v) is 7.34. The van der Waals surface area contributed by atoms with Crippen molar-refractivity contribution >= 4 is 28.2 Å². The summed E-state index contributed by atoms with van der Waals surface area (Å²) in [7, 11) is 0. The summed E-state index contributed by atoms with van der Waals surface area (Å²) in [6.07, 6.45) is -10.2. The van der Waals surface area contributed by atoms with E-state index in [4.69, 9.17) is 0 Å². The number of carbonyl (C=O) groups excluding carboxylic acids is 1. The van der Waals surface area contributed by atoms with Gasteiger partial charge in [0.15, 0.2) is 0 Å². The molecule has 0 spiro atoms. The lowest BCUT2D eigenvalue weighted by molar-refractivity contribution is -0.143. The van der Waals surface area contributed by atoms with Crippen LogP contribution in [0, 0.1) is 5.82 Å². The number of nitrogens with one attached hydrogen (secondary N) is 1. The third kappa shape index (κ3) is 4.28. The summed E-state index contributed by atoms with van der Waals surface area (Å²) < 4.78 is 92.5. The number of amides is 1. The molecular weight excluding hydrogens is 465 g/mol. The SMILES string of the molecule is O=C(Nc1nc2scc(-c3ccc(F)cc3)n2n1)c1cc(C(F)(F)F)cc(C(F)(F)F)c1. The number of halogens is 7. The topological polar surface area (TPSA) is 59.3 Å². The predicted octanol–water partition coefficient (Wildman–Crippen LogP) is 5.89. The Labute approximate surface area is 178 Å². The van der Waals surface area contributed by atoms with Crippen molar-refractivity contribution < 1.29 is 35.5 Å². The second-order valence-electron chi connectivity index (χ2n) is 6.51. The number of anilines is 1. The monoisotopic (exact) mass is 474 g/mol. The summed E-state index contributed by atoms with van der Waals surface area (Å²) in [6.45, 7) is 0. The fraction of sp³-hybridized carbons (Fsp3) is 0.105. The molecule has 0 unspecified atom stereocenters. The number of carbonyl (C=O) groups is 1. The molecule has 0 radical (unpaired) electrons. The van der Waals surface area contributed by atoms with Gasteiger partial charge in [-0.2, -0.15) is 31.3 Å². The van der Waals surface area contributed by atoms with Gasteiger partial charge in [-0.25, -0.2) is 8.91 Å². The van der Waals surface area contributed by atoms with Crippen LogP contribution >= 0.6 is 11.3 Å². The van der Waals surface area contributed by atoms with Gasteiger partial charge in [-0.15, -0.1) is 16.4 Å². The number of alkyl halides is 6. The molecule has 0 atom stereocenters. The quantitative estimate of drug-likeness (QED) is 0.377. The van der Waals surface area contributed by atoms with E-state index in [0.29, 0.717) is 28.4 Å². The molecule has 2 aromatic heterocycles. The number of nitrogens with zero attached hydrogens (tertiary/aromatic N) is 3. The molecule has 166 valence electrons. The fourth-order valence-corrected chi connectivity index (χ4v) is 3.64. The van der Waals surface area contributed by atoms with E-state index in [1.54, 1.807) is 5.38 Å². The third-order valence-electron chi connectivity index (χ3n) is 4.30. The van der Waals surface area contributed by atoms with E-state index in [1.165, 1.54) is 28.8 Å². The van der Waals surface area contributed by atoms with Crippen LogP contribution in [0.15, 0.2) is 47.8 Å². The lowest BCUT2D eigenvalue weighted by Crippen LogP contribution is -2.17. The highest BCUT2D eigenvalue weighted by Gasteiger charge is 2.37. The molecule has 0 aliphatic rings. The molecule has 13 heteroatoms. The number of aromatic nitrogens is 3. The molecule has 0 saturated carbocycles. The molecule has 32 heavy (non-hydrogen) atoms. The van der Waals surface area contributed by atoms with E-state index >= 15 is 0 Å². The van der Waals surface area contributed by atoms with Crippen LogP contribution in [0.5, 0.6) is 0 Å². The Kier molecular flexibility index (Phi) is 5.15. The zero-order valence-electron chi connectivity index (χ0n) is 15.4. The standard InChI is InChI=1S/C19H9F7N4OS/c20-13-3-1-9(2-4-13)14-8-32-17-28-16(29-30(14)17)27-15(31)10-5-11(18(21,22)23)7-12(6-10)19(24,25)26/h1-8H,(H,27,29,31). The highest BCUT2D eigenvalue weighted by molar-refractivity contribution is 7.15. The van der Waals surface area contributed by atoms with Gasteiger partial charge >= 0.3 is 12.4 Å². The Hall–Kier alpha value is -3.48. The van der Waals surface area contributed by atoms with E-state index in [9.17, 15) is 35.5 Å². The molecular formula is C19H9F7N4OS. The Morgan fingerprint density at radius 1 is 0.938 bits per heavy atom. The molecule has 0 saturated heterocycles. The van der Waals surface area contributed by atoms with E-state index in [-0.39, 0.29) is 12.0 Å². The lowest BCUT2D eigenvalue weighted by atomic mass is 10.0. The number of thiazole rings is 1. The summed E-state index contributed by atoms with van der Waals surface area (Å²) in [5, 5.41) is 7.80. The zero-order valence-corrected chi connectivity index (χ0v) is 16.2. The van der Waals surface area contributed by atoms with Crippen molar-refractivity contribution in [3.8, 4) is 11.3 Å². The average Bonchev–Trinajstić information content (AvgIpc) is 3.27. The zero-order chi connectivity index (χ0) is 23.3. The van der Waals surface area contributed by atoms with Gasteiger partial charge in [0.25, 0.3) is 11.9 Å². The third-order valence-corrected chi connectivity index (χ3v) is 5.11. The highest BCUT2D eigenvalue weighted by Crippen LogP contribution is 2.36. The number of benzene rings is 2. The van der Waals surface area contributed by atoms with E-state index < -0.39 is 40.8 Å². The predicted molar refractivity (Wildman–Crippen MR) is 101 cm³/mol. The van der Waals surface area contributed by atoms with Crippen LogP contribution in [0.1, 0.15) is 21.5 Å². The molecule has 4 rings (SSSR count). The molecule has 0 fully saturated rings. The summed E-state index contributed by atoms with van der Waals surface area (Å²) >= 11 is 1.12. The number of fused-ring (bicyclic) bond motifs is 1. The Morgan fingerprint density at radius 2 is 1.53 bits per heavy atom. The molecule has 1 amide bonds.